The Morgan fingerprint density at radius 1 is 1.00 bits per heavy atom. The van der Waals surface area contributed by atoms with Gasteiger partial charge < -0.3 is 5.32 Å². The molecule has 0 atom stereocenters. The van der Waals surface area contributed by atoms with E-state index in [0.717, 1.165) is 45.9 Å². The third kappa shape index (κ3) is 3.46. The molecule has 1 aliphatic carbocycles. The first-order valence-electron chi connectivity index (χ1n) is 11.4. The first kappa shape index (κ1) is 20.4. The number of para-hydroxylation sites is 1. The van der Waals surface area contributed by atoms with E-state index < -0.39 is 0 Å². The molecule has 0 spiro atoms. The summed E-state index contributed by atoms with van der Waals surface area (Å²) < 4.78 is 2.96. The van der Waals surface area contributed by atoms with Crippen LogP contribution < -0.4 is 10.9 Å². The second-order valence-electron chi connectivity index (χ2n) is 8.80. The molecule has 6 rings (SSSR count). The van der Waals surface area contributed by atoms with Crippen LogP contribution in [-0.2, 0) is 11.3 Å². The maximum Gasteiger partial charge on any atom is 0.293 e. The number of hydrogen-bond acceptors (Lipinski definition) is 4. The minimum Gasteiger partial charge on any atom is -0.324 e. The number of carbonyl (C=O) groups excluding carboxylic acids is 1. The van der Waals surface area contributed by atoms with Crippen LogP contribution in [0.2, 0.25) is 0 Å². The lowest BCUT2D eigenvalue weighted by atomic mass is 10.1. The van der Waals surface area contributed by atoms with E-state index in [4.69, 9.17) is 0 Å². The number of amides is 1. The third-order valence-electron chi connectivity index (χ3n) is 6.38. The van der Waals surface area contributed by atoms with Crippen molar-refractivity contribution in [1.29, 1.82) is 0 Å². The molecule has 0 saturated heterocycles. The number of nitrogens with zero attached hydrogens (tertiary/aromatic N) is 4. The zero-order valence-corrected chi connectivity index (χ0v) is 18.7. The Morgan fingerprint density at radius 2 is 1.76 bits per heavy atom. The number of carbonyl (C=O) groups is 1. The number of hydrogen-bond donors (Lipinski definition) is 1. The molecule has 0 aliphatic heterocycles. The largest absolute Gasteiger partial charge is 0.324 e. The number of anilines is 1. The Morgan fingerprint density at radius 3 is 2.59 bits per heavy atom. The molecular weight excluding hydrogens is 426 g/mol. The maximum absolute atomic E-state index is 13.6. The van der Waals surface area contributed by atoms with Crippen LogP contribution in [0.4, 0.5) is 5.69 Å². The van der Waals surface area contributed by atoms with Gasteiger partial charge in [-0.05, 0) is 42.8 Å². The first-order valence-corrected chi connectivity index (χ1v) is 11.4. The second kappa shape index (κ2) is 7.95. The molecule has 1 aliphatic rings. The standard InChI is InChI=1S/C27H23N5O2/c1-17-7-2-5-12-23(17)32-26-21(15-28-32)25(19-13-14-19)30-31(27(26)34)16-24(33)29-22-11-6-9-18-8-3-4-10-20(18)22/h2-12,15,19H,13-14,16H2,1H3,(H,29,33). The summed E-state index contributed by atoms with van der Waals surface area (Å²) in [5.41, 5.74) is 3.54. The lowest BCUT2D eigenvalue weighted by molar-refractivity contribution is -0.117. The number of nitrogens with one attached hydrogen (secondary N) is 1. The van der Waals surface area contributed by atoms with Crippen LogP contribution in [0.5, 0.6) is 0 Å². The van der Waals surface area contributed by atoms with E-state index in [0.29, 0.717) is 17.1 Å². The predicted octanol–water partition coefficient (Wildman–Crippen LogP) is 4.56. The SMILES string of the molecule is Cc1ccccc1-n1ncc2c(C3CC3)nn(CC(=O)Nc3cccc4ccccc34)c(=O)c21. The Bertz CT molecular complexity index is 1620. The highest BCUT2D eigenvalue weighted by molar-refractivity contribution is 6.02. The third-order valence-corrected chi connectivity index (χ3v) is 6.38. The minimum atomic E-state index is -0.326. The predicted molar refractivity (Wildman–Crippen MR) is 132 cm³/mol. The van der Waals surface area contributed by atoms with Crippen molar-refractivity contribution in [3.05, 3.63) is 94.5 Å². The fourth-order valence-corrected chi connectivity index (χ4v) is 4.50. The molecule has 3 aromatic carbocycles. The quantitative estimate of drug-likeness (QED) is 0.426. The topological polar surface area (TPSA) is 81.8 Å². The average molecular weight is 450 g/mol. The van der Waals surface area contributed by atoms with Crippen molar-refractivity contribution in [3.8, 4) is 5.69 Å². The Kier molecular flexibility index (Phi) is 4.76. The van der Waals surface area contributed by atoms with Crippen molar-refractivity contribution >= 4 is 33.3 Å². The highest BCUT2D eigenvalue weighted by Crippen LogP contribution is 2.41. The number of rotatable bonds is 5. The molecule has 168 valence electrons. The molecule has 5 aromatic rings. The van der Waals surface area contributed by atoms with E-state index in [1.165, 1.54) is 4.68 Å². The smallest absolute Gasteiger partial charge is 0.293 e. The van der Waals surface area contributed by atoms with Gasteiger partial charge in [-0.3, -0.25) is 9.59 Å². The van der Waals surface area contributed by atoms with Crippen molar-refractivity contribution in [2.45, 2.75) is 32.2 Å². The van der Waals surface area contributed by atoms with Crippen molar-refractivity contribution in [2.75, 3.05) is 5.32 Å². The van der Waals surface area contributed by atoms with Crippen LogP contribution in [0.15, 0.2) is 77.7 Å². The highest BCUT2D eigenvalue weighted by Gasteiger charge is 2.30. The maximum atomic E-state index is 13.6. The van der Waals surface area contributed by atoms with Gasteiger partial charge in [0.2, 0.25) is 5.91 Å². The summed E-state index contributed by atoms with van der Waals surface area (Å²) >= 11 is 0. The molecule has 1 fully saturated rings. The van der Waals surface area contributed by atoms with Gasteiger partial charge in [-0.15, -0.1) is 0 Å². The summed E-state index contributed by atoms with van der Waals surface area (Å²) in [6, 6.07) is 21.4. The molecule has 1 N–H and O–H groups in total. The summed E-state index contributed by atoms with van der Waals surface area (Å²) in [6.45, 7) is 1.82. The Balaban J connectivity index is 1.41. The summed E-state index contributed by atoms with van der Waals surface area (Å²) in [6.07, 6.45) is 3.78. The molecular formula is C27H23N5O2. The normalized spacial score (nSPS) is 13.4. The van der Waals surface area contributed by atoms with E-state index in [1.807, 2.05) is 73.7 Å². The molecule has 0 bridgehead atoms. The van der Waals surface area contributed by atoms with Gasteiger partial charge in [0, 0.05) is 22.4 Å². The number of aryl methyl sites for hydroxylation is 1. The average Bonchev–Trinajstić information content (AvgIpc) is 3.59. The molecule has 1 amide bonds. The first-order chi connectivity index (χ1) is 16.6. The Hall–Kier alpha value is -4.26. The van der Waals surface area contributed by atoms with Gasteiger partial charge in [-0.1, -0.05) is 54.6 Å². The lowest BCUT2D eigenvalue weighted by Gasteiger charge is -2.12. The lowest BCUT2D eigenvalue weighted by Crippen LogP contribution is -2.31. The van der Waals surface area contributed by atoms with E-state index in [9.17, 15) is 9.59 Å². The summed E-state index contributed by atoms with van der Waals surface area (Å²) in [5, 5.41) is 14.9. The van der Waals surface area contributed by atoms with Crippen molar-refractivity contribution < 1.29 is 4.79 Å². The fourth-order valence-electron chi connectivity index (χ4n) is 4.50. The Labute approximate surface area is 195 Å². The van der Waals surface area contributed by atoms with Crippen LogP contribution in [0, 0.1) is 6.92 Å². The van der Waals surface area contributed by atoms with Crippen molar-refractivity contribution in [1.82, 2.24) is 19.6 Å². The van der Waals surface area contributed by atoms with Gasteiger partial charge >= 0.3 is 0 Å². The van der Waals surface area contributed by atoms with Crippen molar-refractivity contribution in [2.24, 2.45) is 0 Å². The van der Waals surface area contributed by atoms with Crippen LogP contribution in [0.1, 0.15) is 30.0 Å². The van der Waals surface area contributed by atoms with Gasteiger partial charge in [0.05, 0.1) is 17.6 Å². The summed E-state index contributed by atoms with van der Waals surface area (Å²) in [7, 11) is 0. The van der Waals surface area contributed by atoms with Gasteiger partial charge in [-0.2, -0.15) is 10.2 Å². The molecule has 1 saturated carbocycles. The van der Waals surface area contributed by atoms with Gasteiger partial charge in [0.1, 0.15) is 12.1 Å². The van der Waals surface area contributed by atoms with Crippen LogP contribution >= 0.6 is 0 Å². The minimum absolute atomic E-state index is 0.170. The monoisotopic (exact) mass is 449 g/mol. The molecule has 2 aromatic heterocycles. The molecule has 2 heterocycles. The van der Waals surface area contributed by atoms with Gasteiger partial charge in [0.25, 0.3) is 5.56 Å². The van der Waals surface area contributed by atoms with E-state index in [2.05, 4.69) is 15.5 Å². The fraction of sp³-hybridized carbons (Fsp3) is 0.185. The van der Waals surface area contributed by atoms with E-state index in [1.54, 1.807) is 10.9 Å². The highest BCUT2D eigenvalue weighted by atomic mass is 16.2. The molecule has 0 unspecified atom stereocenters. The zero-order valence-electron chi connectivity index (χ0n) is 18.7. The number of fused-ring (bicyclic) bond motifs is 2. The van der Waals surface area contributed by atoms with E-state index in [-0.39, 0.29) is 18.0 Å². The van der Waals surface area contributed by atoms with Crippen molar-refractivity contribution in [3.63, 3.8) is 0 Å². The van der Waals surface area contributed by atoms with Crippen LogP contribution in [0.3, 0.4) is 0 Å². The summed E-state index contributed by atoms with van der Waals surface area (Å²) in [4.78, 5) is 26.6. The van der Waals surface area contributed by atoms with E-state index >= 15 is 0 Å². The summed E-state index contributed by atoms with van der Waals surface area (Å²) in [5.74, 6) is -0.000921. The molecule has 0 radical (unpaired) electrons. The van der Waals surface area contributed by atoms with Crippen LogP contribution in [0.25, 0.3) is 27.4 Å². The van der Waals surface area contributed by atoms with Crippen LogP contribution in [-0.4, -0.2) is 25.5 Å². The molecule has 7 heteroatoms. The molecule has 7 nitrogen and oxygen atoms in total. The second-order valence-corrected chi connectivity index (χ2v) is 8.80. The zero-order chi connectivity index (χ0) is 23.2. The van der Waals surface area contributed by atoms with Gasteiger partial charge in [-0.25, -0.2) is 9.36 Å². The number of aromatic nitrogens is 4. The van der Waals surface area contributed by atoms with Gasteiger partial charge in [0.15, 0.2) is 0 Å². The number of benzene rings is 3. The molecule has 34 heavy (non-hydrogen) atoms.